The van der Waals surface area contributed by atoms with Gasteiger partial charge in [-0.3, -0.25) is 4.79 Å². The fourth-order valence-corrected chi connectivity index (χ4v) is 3.65. The second-order valence-corrected chi connectivity index (χ2v) is 7.02. The van der Waals surface area contributed by atoms with E-state index in [-0.39, 0.29) is 17.9 Å². The van der Waals surface area contributed by atoms with Crippen LogP contribution in [0.4, 0.5) is 0 Å². The van der Waals surface area contributed by atoms with E-state index in [0.717, 1.165) is 32.3 Å². The number of piperidine rings is 1. The summed E-state index contributed by atoms with van der Waals surface area (Å²) in [7, 11) is 0. The summed E-state index contributed by atoms with van der Waals surface area (Å²) in [5.74, 6) is 0.347. The molecule has 2 unspecified atom stereocenters. The number of aromatic nitrogens is 2. The number of amides is 1. The number of ether oxygens (including phenoxy) is 2. The van der Waals surface area contributed by atoms with Gasteiger partial charge in [0, 0.05) is 25.3 Å². The molecular weight excluding hydrogens is 350 g/mol. The predicted molar refractivity (Wildman–Crippen MR) is 95.9 cm³/mol. The molecule has 27 heavy (non-hydrogen) atoms. The fourth-order valence-electron chi connectivity index (χ4n) is 3.65. The van der Waals surface area contributed by atoms with Crippen LogP contribution in [0.5, 0.6) is 5.75 Å². The van der Waals surface area contributed by atoms with Gasteiger partial charge in [0.25, 0.3) is 5.91 Å². The summed E-state index contributed by atoms with van der Waals surface area (Å²) in [5, 5.41) is 6.19. The fraction of sp³-hybridized carbons (Fsp3) is 0.526. The molecule has 0 aliphatic carbocycles. The number of likely N-dealkylation sites (tertiary alicyclic amines) is 1. The molecule has 2 atom stereocenters. The van der Waals surface area contributed by atoms with Crippen LogP contribution in [0.3, 0.4) is 0 Å². The maximum atomic E-state index is 12.9. The number of hydrogen-bond acceptors (Lipinski definition) is 6. The first-order chi connectivity index (χ1) is 13.2. The van der Waals surface area contributed by atoms with E-state index in [1.54, 1.807) is 17.0 Å². The van der Waals surface area contributed by atoms with E-state index in [1.807, 2.05) is 12.1 Å². The van der Waals surface area contributed by atoms with E-state index in [9.17, 15) is 9.59 Å². The van der Waals surface area contributed by atoms with E-state index in [2.05, 4.69) is 10.2 Å². The number of nitrogens with one attached hydrogen (secondary N) is 1. The quantitative estimate of drug-likeness (QED) is 0.860. The topological polar surface area (TPSA) is 97.7 Å². The maximum absolute atomic E-state index is 12.9. The van der Waals surface area contributed by atoms with Gasteiger partial charge in [-0.2, -0.15) is 0 Å². The molecule has 2 fully saturated rings. The molecule has 2 aromatic rings. The van der Waals surface area contributed by atoms with Gasteiger partial charge < -0.3 is 18.8 Å². The third-order valence-electron chi connectivity index (χ3n) is 5.05. The van der Waals surface area contributed by atoms with Gasteiger partial charge in [-0.25, -0.2) is 9.89 Å². The largest absolute Gasteiger partial charge is 0.491 e. The van der Waals surface area contributed by atoms with E-state index >= 15 is 0 Å². The van der Waals surface area contributed by atoms with Gasteiger partial charge in [-0.15, -0.1) is 5.10 Å². The van der Waals surface area contributed by atoms with Crippen LogP contribution in [0.1, 0.15) is 47.8 Å². The van der Waals surface area contributed by atoms with Crippen LogP contribution >= 0.6 is 0 Å². The number of nitrogens with zero attached hydrogens (tertiary/aromatic N) is 2. The standard InChI is InChI=1S/C19H23N3O5/c23-18(22-8-2-5-14(11-22)17-20-21-19(24)27-17)13-4-1-6-15(10-13)26-12-16-7-3-9-25-16/h1,4,6,10,14,16H,2-3,5,7-9,11-12H2,(H,21,24). The monoisotopic (exact) mass is 373 g/mol. The Labute approximate surface area is 156 Å². The van der Waals surface area contributed by atoms with Gasteiger partial charge in [0.15, 0.2) is 0 Å². The first-order valence-corrected chi connectivity index (χ1v) is 9.38. The molecule has 2 aliphatic rings. The Morgan fingerprint density at radius 3 is 3.04 bits per heavy atom. The molecule has 2 aliphatic heterocycles. The molecule has 0 spiro atoms. The normalized spacial score (nSPS) is 22.7. The number of rotatable bonds is 5. The minimum Gasteiger partial charge on any atom is -0.491 e. The number of hydrogen-bond donors (Lipinski definition) is 1. The van der Waals surface area contributed by atoms with Crippen molar-refractivity contribution in [1.82, 2.24) is 15.1 Å². The lowest BCUT2D eigenvalue weighted by atomic mass is 9.97. The SMILES string of the molecule is O=C(c1cccc(OCC2CCCO2)c1)N1CCCC(c2n[nH]c(=O)o2)C1. The molecule has 1 N–H and O–H groups in total. The van der Waals surface area contributed by atoms with Crippen molar-refractivity contribution in [3.05, 3.63) is 46.3 Å². The van der Waals surface area contributed by atoms with Crippen LogP contribution in [-0.2, 0) is 4.74 Å². The number of carbonyl (C=O) groups is 1. The Morgan fingerprint density at radius 1 is 1.33 bits per heavy atom. The average Bonchev–Trinajstić information content (AvgIpc) is 3.38. The van der Waals surface area contributed by atoms with E-state index < -0.39 is 5.76 Å². The smallest absolute Gasteiger partial charge is 0.434 e. The average molecular weight is 373 g/mol. The lowest BCUT2D eigenvalue weighted by Gasteiger charge is -2.31. The first kappa shape index (κ1) is 17.8. The number of carbonyl (C=O) groups excluding carboxylic acids is 1. The second-order valence-electron chi connectivity index (χ2n) is 7.02. The molecule has 8 nitrogen and oxygen atoms in total. The van der Waals surface area contributed by atoms with Crippen LogP contribution in [-0.4, -0.2) is 53.4 Å². The molecular formula is C19H23N3O5. The molecule has 144 valence electrons. The Morgan fingerprint density at radius 2 is 2.26 bits per heavy atom. The van der Waals surface area contributed by atoms with E-state index in [4.69, 9.17) is 13.9 Å². The molecule has 0 saturated carbocycles. The van der Waals surface area contributed by atoms with Gasteiger partial charge in [-0.1, -0.05) is 6.07 Å². The molecule has 0 bridgehead atoms. The van der Waals surface area contributed by atoms with Gasteiger partial charge in [0.05, 0.1) is 12.0 Å². The van der Waals surface area contributed by atoms with Crippen LogP contribution in [0.2, 0.25) is 0 Å². The van der Waals surface area contributed by atoms with Crippen LogP contribution in [0.15, 0.2) is 33.5 Å². The van der Waals surface area contributed by atoms with Crippen LogP contribution < -0.4 is 10.5 Å². The van der Waals surface area contributed by atoms with Crippen molar-refractivity contribution in [2.45, 2.75) is 37.7 Å². The summed E-state index contributed by atoms with van der Waals surface area (Å²) in [6.45, 7) is 2.44. The van der Waals surface area contributed by atoms with Crippen LogP contribution in [0, 0.1) is 0 Å². The summed E-state index contributed by atoms with van der Waals surface area (Å²) in [5.41, 5.74) is 0.587. The number of benzene rings is 1. The van der Waals surface area contributed by atoms with Gasteiger partial charge in [0.1, 0.15) is 12.4 Å². The molecule has 8 heteroatoms. The highest BCUT2D eigenvalue weighted by Gasteiger charge is 2.28. The summed E-state index contributed by atoms with van der Waals surface area (Å²) in [6, 6.07) is 7.24. The third-order valence-corrected chi connectivity index (χ3v) is 5.05. The minimum atomic E-state index is -0.565. The van der Waals surface area contributed by atoms with Crippen molar-refractivity contribution in [1.29, 1.82) is 0 Å². The molecule has 1 aromatic heterocycles. The van der Waals surface area contributed by atoms with E-state index in [0.29, 0.717) is 36.9 Å². The lowest BCUT2D eigenvalue weighted by Crippen LogP contribution is -2.39. The summed E-state index contributed by atoms with van der Waals surface area (Å²) in [6.07, 6.45) is 3.89. The Bertz CT molecular complexity index is 840. The van der Waals surface area contributed by atoms with E-state index in [1.165, 1.54) is 0 Å². The van der Waals surface area contributed by atoms with Gasteiger partial charge in [-0.05, 0) is 43.9 Å². The van der Waals surface area contributed by atoms with Crippen molar-refractivity contribution in [3.8, 4) is 5.75 Å². The number of aromatic amines is 1. The summed E-state index contributed by atoms with van der Waals surface area (Å²) < 4.78 is 16.4. The minimum absolute atomic E-state index is 0.0554. The molecule has 0 radical (unpaired) electrons. The Hall–Kier alpha value is -2.61. The zero-order valence-corrected chi connectivity index (χ0v) is 15.1. The zero-order chi connectivity index (χ0) is 18.6. The third kappa shape index (κ3) is 4.21. The van der Waals surface area contributed by atoms with Crippen molar-refractivity contribution >= 4 is 5.91 Å². The zero-order valence-electron chi connectivity index (χ0n) is 15.1. The van der Waals surface area contributed by atoms with Crippen LogP contribution in [0.25, 0.3) is 0 Å². The second kappa shape index (κ2) is 7.96. The van der Waals surface area contributed by atoms with Crippen molar-refractivity contribution < 1.29 is 18.7 Å². The highest BCUT2D eigenvalue weighted by atomic mass is 16.5. The molecule has 1 amide bonds. The summed E-state index contributed by atoms with van der Waals surface area (Å²) >= 11 is 0. The maximum Gasteiger partial charge on any atom is 0.434 e. The van der Waals surface area contributed by atoms with Gasteiger partial charge in [0.2, 0.25) is 5.89 Å². The number of H-pyrrole nitrogens is 1. The predicted octanol–water partition coefficient (Wildman–Crippen LogP) is 1.94. The van der Waals surface area contributed by atoms with Crippen molar-refractivity contribution in [3.63, 3.8) is 0 Å². The highest BCUT2D eigenvalue weighted by molar-refractivity contribution is 5.94. The summed E-state index contributed by atoms with van der Waals surface area (Å²) in [4.78, 5) is 25.9. The Kier molecular flexibility index (Phi) is 5.24. The van der Waals surface area contributed by atoms with Gasteiger partial charge >= 0.3 is 5.76 Å². The van der Waals surface area contributed by atoms with Crippen molar-refractivity contribution in [2.75, 3.05) is 26.3 Å². The Balaban J connectivity index is 1.40. The lowest BCUT2D eigenvalue weighted by molar-refractivity contribution is 0.0672. The molecule has 2 saturated heterocycles. The van der Waals surface area contributed by atoms with Crippen molar-refractivity contribution in [2.24, 2.45) is 0 Å². The first-order valence-electron chi connectivity index (χ1n) is 9.38. The molecule has 1 aromatic carbocycles. The molecule has 3 heterocycles. The highest BCUT2D eigenvalue weighted by Crippen LogP contribution is 2.26. The molecule has 4 rings (SSSR count).